The van der Waals surface area contributed by atoms with Gasteiger partial charge in [-0.15, -0.1) is 0 Å². The summed E-state index contributed by atoms with van der Waals surface area (Å²) in [6.45, 7) is 0. The third-order valence-corrected chi connectivity index (χ3v) is 7.13. The van der Waals surface area contributed by atoms with E-state index in [0.29, 0.717) is 4.91 Å². The molecule has 0 atom stereocenters. The molecule has 1 aliphatic heterocycles. The van der Waals surface area contributed by atoms with E-state index in [0.717, 1.165) is 44.3 Å². The van der Waals surface area contributed by atoms with Gasteiger partial charge in [-0.25, -0.2) is 0 Å². The number of amides is 1. The Bertz CT molecular complexity index is 1540. The summed E-state index contributed by atoms with van der Waals surface area (Å²) in [5, 5.41) is 3.04. The second-order valence-electron chi connectivity index (χ2n) is 8.30. The predicted octanol–water partition coefficient (Wildman–Crippen LogP) is 7.90. The van der Waals surface area contributed by atoms with Crippen LogP contribution in [0.1, 0.15) is 5.56 Å². The molecule has 1 amide bonds. The Balaban J connectivity index is 1.61. The zero-order chi connectivity index (χ0) is 23.6. The number of hydrogen-bond donors (Lipinski definition) is 1. The van der Waals surface area contributed by atoms with Crippen molar-refractivity contribution in [1.29, 1.82) is 0 Å². The van der Waals surface area contributed by atoms with Gasteiger partial charge in [0.25, 0.3) is 5.91 Å². The first kappa shape index (κ1) is 21.3. The quantitative estimate of drug-likeness (QED) is 0.271. The van der Waals surface area contributed by atoms with E-state index in [4.69, 9.17) is 0 Å². The summed E-state index contributed by atoms with van der Waals surface area (Å²) in [5.41, 5.74) is 7.25. The van der Waals surface area contributed by atoms with Gasteiger partial charge in [0.2, 0.25) is 0 Å². The number of hydrogen-bond acceptors (Lipinski definition) is 2. The van der Waals surface area contributed by atoms with Crippen LogP contribution >= 0.6 is 11.8 Å². The smallest absolute Gasteiger partial charge is 0.262 e. The lowest BCUT2D eigenvalue weighted by molar-refractivity contribution is -0.112. The standard InChI is InChI=1S/C31H22N2OS/c34-31-29(35-28-19-11-10-18-26(28)32-31)21-24-20-27(22-12-4-1-5-13-22)33(25-16-8-3-9-17-25)30(24)23-14-6-2-7-15-23/h1-21H,(H,32,34)/b29-21-. The Morgan fingerprint density at radius 3 is 2.00 bits per heavy atom. The molecule has 1 aromatic heterocycles. The predicted molar refractivity (Wildman–Crippen MR) is 146 cm³/mol. The van der Waals surface area contributed by atoms with Gasteiger partial charge in [-0.3, -0.25) is 4.79 Å². The Hall–Kier alpha value is -4.28. The molecule has 4 aromatic carbocycles. The molecule has 5 aromatic rings. The van der Waals surface area contributed by atoms with E-state index in [1.807, 2.05) is 48.5 Å². The van der Waals surface area contributed by atoms with E-state index in [9.17, 15) is 4.79 Å². The summed E-state index contributed by atoms with van der Waals surface area (Å²) >= 11 is 1.51. The number of fused-ring (bicyclic) bond motifs is 1. The molecule has 3 nitrogen and oxygen atoms in total. The fourth-order valence-corrected chi connectivity index (χ4v) is 5.38. The van der Waals surface area contributed by atoms with Crippen LogP contribution in [0.4, 0.5) is 5.69 Å². The van der Waals surface area contributed by atoms with Crippen LogP contribution in [0.25, 0.3) is 34.3 Å². The molecule has 0 unspecified atom stereocenters. The highest BCUT2D eigenvalue weighted by Crippen LogP contribution is 2.42. The summed E-state index contributed by atoms with van der Waals surface area (Å²) in [7, 11) is 0. The maximum Gasteiger partial charge on any atom is 0.262 e. The number of carbonyl (C=O) groups is 1. The molecule has 1 aliphatic rings. The first-order chi connectivity index (χ1) is 17.3. The zero-order valence-electron chi connectivity index (χ0n) is 18.9. The van der Waals surface area contributed by atoms with E-state index >= 15 is 0 Å². The van der Waals surface area contributed by atoms with Crippen LogP contribution in [-0.4, -0.2) is 10.5 Å². The lowest BCUT2D eigenvalue weighted by atomic mass is 10.1. The Morgan fingerprint density at radius 1 is 0.686 bits per heavy atom. The molecule has 0 spiro atoms. The average molecular weight is 471 g/mol. The first-order valence-corrected chi connectivity index (χ1v) is 12.3. The molecule has 4 heteroatoms. The number of nitrogens with zero attached hydrogens (tertiary/aromatic N) is 1. The Labute approximate surface area is 208 Å². The van der Waals surface area contributed by atoms with Gasteiger partial charge in [-0.05, 0) is 47.5 Å². The number of carbonyl (C=O) groups excluding carboxylic acids is 1. The van der Waals surface area contributed by atoms with Crippen molar-refractivity contribution in [2.75, 3.05) is 5.32 Å². The number of benzene rings is 4. The molecule has 0 fully saturated rings. The number of para-hydroxylation sites is 2. The summed E-state index contributed by atoms with van der Waals surface area (Å²) in [6.07, 6.45) is 2.02. The Kier molecular flexibility index (Phi) is 5.57. The maximum atomic E-state index is 13.0. The topological polar surface area (TPSA) is 34.0 Å². The van der Waals surface area contributed by atoms with Gasteiger partial charge in [0.05, 0.1) is 22.0 Å². The molecule has 0 radical (unpaired) electrons. The van der Waals surface area contributed by atoms with Crippen LogP contribution in [0.15, 0.2) is 131 Å². The van der Waals surface area contributed by atoms with Gasteiger partial charge < -0.3 is 9.88 Å². The van der Waals surface area contributed by atoms with Crippen LogP contribution in [0.5, 0.6) is 0 Å². The van der Waals surface area contributed by atoms with Crippen LogP contribution in [0.3, 0.4) is 0 Å². The van der Waals surface area contributed by atoms with Gasteiger partial charge in [-0.2, -0.15) is 0 Å². The highest BCUT2D eigenvalue weighted by Gasteiger charge is 2.23. The summed E-state index contributed by atoms with van der Waals surface area (Å²) in [4.78, 5) is 14.8. The average Bonchev–Trinajstić information content (AvgIpc) is 3.30. The largest absolute Gasteiger partial charge is 0.320 e. The molecule has 0 bridgehead atoms. The number of rotatable bonds is 4. The maximum absolute atomic E-state index is 13.0. The monoisotopic (exact) mass is 470 g/mol. The van der Waals surface area contributed by atoms with E-state index in [2.05, 4.69) is 88.7 Å². The lowest BCUT2D eigenvalue weighted by Gasteiger charge is -2.18. The fourth-order valence-electron chi connectivity index (χ4n) is 4.44. The van der Waals surface area contributed by atoms with Crippen LogP contribution < -0.4 is 5.32 Å². The number of nitrogens with one attached hydrogen (secondary N) is 1. The van der Waals surface area contributed by atoms with Gasteiger partial charge in [0.15, 0.2) is 0 Å². The highest BCUT2D eigenvalue weighted by molar-refractivity contribution is 8.04. The normalized spacial score (nSPS) is 13.9. The van der Waals surface area contributed by atoms with Crippen molar-refractivity contribution < 1.29 is 4.79 Å². The van der Waals surface area contributed by atoms with E-state index < -0.39 is 0 Å². The Morgan fingerprint density at radius 2 is 1.29 bits per heavy atom. The molecule has 1 N–H and O–H groups in total. The summed E-state index contributed by atoms with van der Waals surface area (Å²) in [6, 6.07) is 41.2. The lowest BCUT2D eigenvalue weighted by Crippen LogP contribution is -2.17. The third-order valence-electron chi connectivity index (χ3n) is 6.03. The second kappa shape index (κ2) is 9.16. The minimum Gasteiger partial charge on any atom is -0.320 e. The van der Waals surface area contributed by atoms with Gasteiger partial charge in [-0.1, -0.05) is 103 Å². The van der Waals surface area contributed by atoms with Crippen molar-refractivity contribution in [2.45, 2.75) is 4.90 Å². The molecule has 6 rings (SSSR count). The summed E-state index contributed by atoms with van der Waals surface area (Å²) < 4.78 is 2.29. The second-order valence-corrected chi connectivity index (χ2v) is 9.38. The molecule has 35 heavy (non-hydrogen) atoms. The van der Waals surface area contributed by atoms with Crippen molar-refractivity contribution in [3.8, 4) is 28.2 Å². The minimum atomic E-state index is -0.0820. The molecular weight excluding hydrogens is 448 g/mol. The zero-order valence-corrected chi connectivity index (χ0v) is 19.7. The SMILES string of the molecule is O=C1Nc2ccccc2S/C1=C\c1cc(-c2ccccc2)n(-c2ccccc2)c1-c1ccccc1. The van der Waals surface area contributed by atoms with E-state index in [-0.39, 0.29) is 5.91 Å². The van der Waals surface area contributed by atoms with Crippen molar-refractivity contribution in [3.05, 3.63) is 132 Å². The molecule has 0 aliphatic carbocycles. The van der Waals surface area contributed by atoms with Crippen LogP contribution in [-0.2, 0) is 4.79 Å². The number of aromatic nitrogens is 1. The van der Waals surface area contributed by atoms with Crippen LogP contribution in [0, 0.1) is 0 Å². The van der Waals surface area contributed by atoms with Crippen LogP contribution in [0.2, 0.25) is 0 Å². The first-order valence-electron chi connectivity index (χ1n) is 11.5. The van der Waals surface area contributed by atoms with Gasteiger partial charge in [0.1, 0.15) is 0 Å². The summed E-state index contributed by atoms with van der Waals surface area (Å²) in [5.74, 6) is -0.0820. The molecule has 0 saturated carbocycles. The molecular formula is C31H22N2OS. The number of thioether (sulfide) groups is 1. The van der Waals surface area contributed by atoms with E-state index in [1.165, 1.54) is 11.8 Å². The fraction of sp³-hybridized carbons (Fsp3) is 0. The molecule has 0 saturated heterocycles. The molecule has 2 heterocycles. The third kappa shape index (κ3) is 4.09. The number of anilines is 1. The highest BCUT2D eigenvalue weighted by atomic mass is 32.2. The van der Waals surface area contributed by atoms with E-state index in [1.54, 1.807) is 0 Å². The van der Waals surface area contributed by atoms with Gasteiger partial charge >= 0.3 is 0 Å². The molecule has 168 valence electrons. The van der Waals surface area contributed by atoms with Crippen molar-refractivity contribution in [2.24, 2.45) is 0 Å². The minimum absolute atomic E-state index is 0.0820. The van der Waals surface area contributed by atoms with Crippen molar-refractivity contribution in [1.82, 2.24) is 4.57 Å². The van der Waals surface area contributed by atoms with Crippen molar-refractivity contribution in [3.63, 3.8) is 0 Å². The van der Waals surface area contributed by atoms with Gasteiger partial charge in [0, 0.05) is 16.1 Å². The van der Waals surface area contributed by atoms with Crippen molar-refractivity contribution >= 4 is 29.4 Å².